The second-order valence-corrected chi connectivity index (χ2v) is 12.8. The lowest BCUT2D eigenvalue weighted by Gasteiger charge is -2.65. The third kappa shape index (κ3) is 2.79. The van der Waals surface area contributed by atoms with E-state index in [0.717, 1.165) is 19.4 Å². The number of Topliss-reactive ketones (excluding diaryl/α,β-unsaturated/α-hetero) is 1. The van der Waals surface area contributed by atoms with Gasteiger partial charge in [0, 0.05) is 12.5 Å². The number of rotatable bonds is 5. The van der Waals surface area contributed by atoms with E-state index < -0.39 is 10.8 Å². The topological polar surface area (TPSA) is 35.5 Å². The third-order valence-electron chi connectivity index (χ3n) is 11.2. The minimum absolute atomic E-state index is 0.0689. The molecule has 194 valence electrons. The van der Waals surface area contributed by atoms with Gasteiger partial charge in [-0.3, -0.25) is 4.79 Å². The van der Waals surface area contributed by atoms with Gasteiger partial charge in [0.05, 0.1) is 17.4 Å². The third-order valence-corrected chi connectivity index (χ3v) is 11.2. The number of carbonyl (C=O) groups is 1. The SMILES string of the molecule is C[C@]12C(=O)[C@](C)(C(c3ccccc3)=C1c1ccccc1)[C@H]1[C@@H]3[C@H]4C=C[C@@H](C(CO[C@@H]5CCCCO5)=C4)[C@H]3[C@H]12. The van der Waals surface area contributed by atoms with Crippen molar-refractivity contribution in [3.05, 3.63) is 95.6 Å². The summed E-state index contributed by atoms with van der Waals surface area (Å²) in [5.74, 6) is 2.96. The van der Waals surface area contributed by atoms with Gasteiger partial charge < -0.3 is 9.47 Å². The van der Waals surface area contributed by atoms with Crippen LogP contribution in [0.2, 0.25) is 0 Å². The van der Waals surface area contributed by atoms with Crippen molar-refractivity contribution in [1.29, 1.82) is 0 Å². The second-order valence-electron chi connectivity index (χ2n) is 12.8. The Morgan fingerprint density at radius 1 is 0.842 bits per heavy atom. The van der Waals surface area contributed by atoms with Crippen LogP contribution in [0.15, 0.2) is 84.5 Å². The van der Waals surface area contributed by atoms with Crippen LogP contribution in [0.4, 0.5) is 0 Å². The lowest BCUT2D eigenvalue weighted by molar-refractivity contribution is -0.161. The molecule has 1 heterocycles. The number of fused-ring (bicyclic) bond motifs is 5. The highest BCUT2D eigenvalue weighted by Gasteiger charge is 2.81. The standard InChI is InChI=1S/C35H36O3/c1-34-29(21-11-5-3-6-12-21)30(22-13-7-4-8-14-22)35(2,33(34)36)32-28-25-17-16-23(27(28)31(32)34)19-24(25)20-38-26-15-9-10-18-37-26/h3-8,11-14,16-17,19,23,25-28,31-32H,9-10,15,18,20H2,1-2H3/t23-,25-,26+,27+,28+,31-,32+,34+,35-/m0/s1. The number of carbonyl (C=O) groups excluding carboxylic acids is 1. The minimum Gasteiger partial charge on any atom is -0.353 e. The van der Waals surface area contributed by atoms with Crippen molar-refractivity contribution in [3.63, 3.8) is 0 Å². The molecule has 7 aliphatic rings. The Labute approximate surface area is 225 Å². The summed E-state index contributed by atoms with van der Waals surface area (Å²) in [7, 11) is 0. The van der Waals surface area contributed by atoms with Crippen LogP contribution >= 0.6 is 0 Å². The first-order valence-electron chi connectivity index (χ1n) is 14.6. The van der Waals surface area contributed by atoms with E-state index in [0.29, 0.717) is 47.9 Å². The molecule has 4 bridgehead atoms. The highest BCUT2D eigenvalue weighted by molar-refractivity contribution is 6.23. The van der Waals surface area contributed by atoms with Gasteiger partial charge in [-0.2, -0.15) is 0 Å². The fourth-order valence-corrected chi connectivity index (χ4v) is 9.86. The van der Waals surface area contributed by atoms with Crippen molar-refractivity contribution < 1.29 is 14.3 Å². The highest BCUT2D eigenvalue weighted by atomic mass is 16.7. The molecule has 0 N–H and O–H groups in total. The first-order chi connectivity index (χ1) is 18.5. The van der Waals surface area contributed by atoms with E-state index in [-0.39, 0.29) is 6.29 Å². The summed E-state index contributed by atoms with van der Waals surface area (Å²) in [4.78, 5) is 14.7. The van der Waals surface area contributed by atoms with Gasteiger partial charge in [0.1, 0.15) is 0 Å². The van der Waals surface area contributed by atoms with Crippen molar-refractivity contribution in [1.82, 2.24) is 0 Å². The smallest absolute Gasteiger partial charge is 0.158 e. The maximum absolute atomic E-state index is 14.7. The predicted octanol–water partition coefficient (Wildman–Crippen LogP) is 6.97. The van der Waals surface area contributed by atoms with Crippen molar-refractivity contribution in [3.8, 4) is 0 Å². The molecule has 2 saturated carbocycles. The Hall–Kier alpha value is -2.75. The van der Waals surface area contributed by atoms with Crippen molar-refractivity contribution in [2.24, 2.45) is 46.3 Å². The Morgan fingerprint density at radius 2 is 1.47 bits per heavy atom. The Kier molecular flexibility index (Phi) is 4.96. The number of ketones is 1. The molecule has 1 aliphatic heterocycles. The normalized spacial score (nSPS) is 42.1. The molecular formula is C35H36O3. The summed E-state index contributed by atoms with van der Waals surface area (Å²) in [6, 6.07) is 21.5. The maximum atomic E-state index is 14.7. The first-order valence-corrected chi connectivity index (χ1v) is 14.6. The van der Waals surface area contributed by atoms with Crippen LogP contribution in [-0.2, 0) is 14.3 Å². The lowest BCUT2D eigenvalue weighted by atomic mass is 9.37. The Morgan fingerprint density at radius 3 is 2.08 bits per heavy atom. The molecule has 9 atom stereocenters. The largest absolute Gasteiger partial charge is 0.353 e. The van der Waals surface area contributed by atoms with Gasteiger partial charge in [-0.15, -0.1) is 0 Å². The highest BCUT2D eigenvalue weighted by Crippen LogP contribution is 2.82. The van der Waals surface area contributed by atoms with Crippen LogP contribution in [-0.4, -0.2) is 25.3 Å². The summed E-state index contributed by atoms with van der Waals surface area (Å²) in [5.41, 5.74) is 5.45. The van der Waals surface area contributed by atoms with Crippen LogP contribution in [0.3, 0.4) is 0 Å². The quantitative estimate of drug-likeness (QED) is 0.413. The summed E-state index contributed by atoms with van der Waals surface area (Å²) >= 11 is 0. The molecule has 2 aromatic rings. The monoisotopic (exact) mass is 504 g/mol. The average molecular weight is 505 g/mol. The first kappa shape index (κ1) is 23.2. The molecule has 3 nitrogen and oxygen atoms in total. The van der Waals surface area contributed by atoms with E-state index in [1.54, 1.807) is 0 Å². The molecule has 38 heavy (non-hydrogen) atoms. The Balaban J connectivity index is 1.21. The van der Waals surface area contributed by atoms with Crippen molar-refractivity contribution >= 4 is 16.9 Å². The van der Waals surface area contributed by atoms with Crippen LogP contribution < -0.4 is 0 Å². The molecule has 0 aromatic heterocycles. The van der Waals surface area contributed by atoms with Crippen LogP contribution in [0, 0.1) is 46.3 Å². The summed E-state index contributed by atoms with van der Waals surface area (Å²) in [6.07, 6.45) is 10.6. The van der Waals surface area contributed by atoms with Gasteiger partial charge in [0.2, 0.25) is 0 Å². The van der Waals surface area contributed by atoms with Crippen LogP contribution in [0.1, 0.15) is 44.2 Å². The number of benzene rings is 2. The van der Waals surface area contributed by atoms with E-state index in [2.05, 4.69) is 92.7 Å². The fraction of sp³-hybridized carbons (Fsp3) is 0.457. The van der Waals surface area contributed by atoms with E-state index in [4.69, 9.17) is 9.47 Å². The predicted molar refractivity (Wildman–Crippen MR) is 149 cm³/mol. The van der Waals surface area contributed by atoms with Crippen LogP contribution in [0.25, 0.3) is 11.1 Å². The number of hydrogen-bond acceptors (Lipinski definition) is 3. The molecule has 0 radical (unpaired) electrons. The van der Waals surface area contributed by atoms with Crippen molar-refractivity contribution in [2.45, 2.75) is 39.4 Å². The van der Waals surface area contributed by atoms with Gasteiger partial charge in [-0.05, 0) is 90.5 Å². The number of hydrogen-bond donors (Lipinski definition) is 0. The average Bonchev–Trinajstić information content (AvgIpc) is 3.21. The van der Waals surface area contributed by atoms with E-state index in [9.17, 15) is 4.79 Å². The minimum atomic E-state index is -0.475. The molecule has 0 unspecified atom stereocenters. The van der Waals surface area contributed by atoms with Crippen molar-refractivity contribution in [2.75, 3.05) is 13.2 Å². The van der Waals surface area contributed by atoms with E-state index in [1.807, 2.05) is 0 Å². The molecule has 3 heteroatoms. The molecule has 1 saturated heterocycles. The molecule has 0 spiro atoms. The fourth-order valence-electron chi connectivity index (χ4n) is 9.86. The van der Waals surface area contributed by atoms with E-state index >= 15 is 0 Å². The zero-order valence-corrected chi connectivity index (χ0v) is 22.3. The zero-order valence-electron chi connectivity index (χ0n) is 22.3. The molecule has 6 aliphatic carbocycles. The van der Waals surface area contributed by atoms with Gasteiger partial charge >= 0.3 is 0 Å². The summed E-state index contributed by atoms with van der Waals surface area (Å²) in [6.45, 7) is 6.03. The van der Waals surface area contributed by atoms with Gasteiger partial charge in [-0.25, -0.2) is 0 Å². The van der Waals surface area contributed by atoms with Gasteiger partial charge in [0.25, 0.3) is 0 Å². The molecular weight excluding hydrogens is 468 g/mol. The number of allylic oxidation sites excluding steroid dienone is 5. The maximum Gasteiger partial charge on any atom is 0.158 e. The van der Waals surface area contributed by atoms with Crippen LogP contribution in [0.5, 0.6) is 0 Å². The Bertz CT molecular complexity index is 1380. The molecule has 0 amide bonds. The molecule has 2 aromatic carbocycles. The van der Waals surface area contributed by atoms with Gasteiger partial charge in [-0.1, -0.05) is 78.9 Å². The summed E-state index contributed by atoms with van der Waals surface area (Å²) < 4.78 is 12.1. The number of ether oxygens (including phenoxy) is 2. The second kappa shape index (κ2) is 8.13. The zero-order chi connectivity index (χ0) is 25.6. The lowest BCUT2D eigenvalue weighted by Crippen LogP contribution is -2.62. The van der Waals surface area contributed by atoms with Gasteiger partial charge in [0.15, 0.2) is 12.1 Å². The summed E-state index contributed by atoms with van der Waals surface area (Å²) in [5, 5.41) is 0. The van der Waals surface area contributed by atoms with E-state index in [1.165, 1.54) is 34.3 Å². The molecule has 9 rings (SSSR count). The molecule has 3 fully saturated rings.